The van der Waals surface area contributed by atoms with Crippen molar-refractivity contribution < 1.29 is 19.1 Å². The van der Waals surface area contributed by atoms with Gasteiger partial charge in [-0.2, -0.15) is 0 Å². The monoisotopic (exact) mass is 471 g/mol. The number of carbonyl (C=O) groups is 3. The van der Waals surface area contributed by atoms with E-state index >= 15 is 0 Å². The van der Waals surface area contributed by atoms with Gasteiger partial charge in [-0.1, -0.05) is 43.7 Å². The van der Waals surface area contributed by atoms with Crippen LogP contribution in [-0.4, -0.2) is 24.8 Å². The fourth-order valence-corrected chi connectivity index (χ4v) is 5.81. The van der Waals surface area contributed by atoms with Crippen LogP contribution in [-0.2, 0) is 24.5 Å². The lowest BCUT2D eigenvalue weighted by atomic mass is 9.60. The Bertz CT molecular complexity index is 1380. The maximum atomic E-state index is 14.0. The molecule has 1 atom stereocenters. The standard InChI is InChI=1S/C28H29N3O4/c1-15-7-6-8-17(11-15)31-20-13-27(3,4)14-21(32)22(20)28(23(24(31)29)25(33)35-5)18-12-16(2)9-10-19(18)30-26(28)34/h6-12H,13-14,29H2,1-5H3,(H,30,34). The SMILES string of the molecule is COC(=O)C1=C(N)N(c2cccc(C)c2)C2=C(C(=O)CC(C)(C)C2)C12C(=O)Nc1ccc(C)cc12. The summed E-state index contributed by atoms with van der Waals surface area (Å²) in [6.07, 6.45) is 0.755. The number of anilines is 2. The van der Waals surface area contributed by atoms with Crippen molar-refractivity contribution in [1.82, 2.24) is 0 Å². The van der Waals surface area contributed by atoms with Crippen LogP contribution in [0.25, 0.3) is 0 Å². The first-order chi connectivity index (χ1) is 16.5. The van der Waals surface area contributed by atoms with E-state index in [1.54, 1.807) is 11.0 Å². The first kappa shape index (κ1) is 22.9. The van der Waals surface area contributed by atoms with Gasteiger partial charge >= 0.3 is 5.97 Å². The number of methoxy groups -OCH3 is 1. The van der Waals surface area contributed by atoms with Crippen molar-refractivity contribution in [2.75, 3.05) is 17.3 Å². The highest BCUT2D eigenvalue weighted by molar-refractivity contribution is 6.23. The third-order valence-electron chi connectivity index (χ3n) is 7.19. The van der Waals surface area contributed by atoms with Crippen LogP contribution >= 0.6 is 0 Å². The van der Waals surface area contributed by atoms with E-state index in [4.69, 9.17) is 10.5 Å². The number of esters is 1. The number of allylic oxidation sites excluding steroid dienone is 1. The second-order valence-corrected chi connectivity index (χ2v) is 10.4. The van der Waals surface area contributed by atoms with E-state index in [1.807, 2.05) is 64.1 Å². The maximum absolute atomic E-state index is 14.0. The number of Topliss-reactive ketones (excluding diaryl/α,β-unsaturated/α-hetero) is 1. The fourth-order valence-electron chi connectivity index (χ4n) is 5.81. The van der Waals surface area contributed by atoms with Gasteiger partial charge in [0, 0.05) is 34.6 Å². The Balaban J connectivity index is 1.94. The lowest BCUT2D eigenvalue weighted by molar-refractivity contribution is -0.138. The van der Waals surface area contributed by atoms with Crippen LogP contribution in [0.2, 0.25) is 0 Å². The topological polar surface area (TPSA) is 102 Å². The highest BCUT2D eigenvalue weighted by Crippen LogP contribution is 2.57. The number of nitrogens with two attached hydrogens (primary N) is 1. The van der Waals surface area contributed by atoms with Gasteiger partial charge in [-0.15, -0.1) is 0 Å². The molecule has 3 N–H and O–H groups in total. The van der Waals surface area contributed by atoms with Crippen LogP contribution in [0.15, 0.2) is 65.1 Å². The summed E-state index contributed by atoms with van der Waals surface area (Å²) >= 11 is 0. The number of hydrogen-bond donors (Lipinski definition) is 2. The van der Waals surface area contributed by atoms with Crippen molar-refractivity contribution in [3.8, 4) is 0 Å². The predicted octanol–water partition coefficient (Wildman–Crippen LogP) is 4.00. The van der Waals surface area contributed by atoms with E-state index in [1.165, 1.54) is 7.11 Å². The largest absolute Gasteiger partial charge is 0.466 e. The van der Waals surface area contributed by atoms with Crippen molar-refractivity contribution in [1.29, 1.82) is 0 Å². The second kappa shape index (κ2) is 7.57. The van der Waals surface area contributed by atoms with E-state index in [2.05, 4.69) is 5.32 Å². The van der Waals surface area contributed by atoms with Crippen LogP contribution < -0.4 is 16.0 Å². The van der Waals surface area contributed by atoms with Crippen LogP contribution in [0.4, 0.5) is 11.4 Å². The number of amides is 1. The summed E-state index contributed by atoms with van der Waals surface area (Å²) in [6, 6.07) is 13.2. The third kappa shape index (κ3) is 3.14. The van der Waals surface area contributed by atoms with Gasteiger partial charge in [0.2, 0.25) is 5.91 Å². The molecule has 2 aromatic rings. The molecule has 3 aliphatic rings. The number of aryl methyl sites for hydroxylation is 2. The molecule has 35 heavy (non-hydrogen) atoms. The second-order valence-electron chi connectivity index (χ2n) is 10.4. The summed E-state index contributed by atoms with van der Waals surface area (Å²) < 4.78 is 5.19. The third-order valence-corrected chi connectivity index (χ3v) is 7.19. The van der Waals surface area contributed by atoms with Crippen molar-refractivity contribution in [3.63, 3.8) is 0 Å². The molecular formula is C28H29N3O4. The zero-order valence-electron chi connectivity index (χ0n) is 20.6. The molecule has 0 saturated heterocycles. The zero-order valence-corrected chi connectivity index (χ0v) is 20.6. The molecule has 5 rings (SSSR count). The molecule has 7 nitrogen and oxygen atoms in total. The Morgan fingerprint density at radius 3 is 2.46 bits per heavy atom. The maximum Gasteiger partial charge on any atom is 0.339 e. The summed E-state index contributed by atoms with van der Waals surface area (Å²) in [5, 5.41) is 2.91. The Morgan fingerprint density at radius 1 is 1.06 bits per heavy atom. The average Bonchev–Trinajstić information content (AvgIpc) is 3.04. The molecule has 2 aliphatic heterocycles. The van der Waals surface area contributed by atoms with Gasteiger partial charge in [-0.25, -0.2) is 4.79 Å². The van der Waals surface area contributed by atoms with Gasteiger partial charge in [0.1, 0.15) is 16.8 Å². The molecule has 0 radical (unpaired) electrons. The van der Waals surface area contributed by atoms with Gasteiger partial charge in [0.25, 0.3) is 0 Å². The molecule has 1 aliphatic carbocycles. The number of carbonyl (C=O) groups excluding carboxylic acids is 3. The average molecular weight is 472 g/mol. The van der Waals surface area contributed by atoms with E-state index in [9.17, 15) is 14.4 Å². The molecule has 1 amide bonds. The highest BCUT2D eigenvalue weighted by atomic mass is 16.5. The molecular weight excluding hydrogens is 442 g/mol. The van der Waals surface area contributed by atoms with E-state index in [-0.39, 0.29) is 29.0 Å². The number of benzene rings is 2. The smallest absolute Gasteiger partial charge is 0.339 e. The summed E-state index contributed by atoms with van der Waals surface area (Å²) in [4.78, 5) is 43.1. The van der Waals surface area contributed by atoms with Crippen molar-refractivity contribution >= 4 is 29.0 Å². The van der Waals surface area contributed by atoms with E-state index in [0.29, 0.717) is 28.9 Å². The number of ketones is 1. The minimum Gasteiger partial charge on any atom is -0.466 e. The number of rotatable bonds is 2. The van der Waals surface area contributed by atoms with Crippen LogP contribution in [0.1, 0.15) is 43.4 Å². The summed E-state index contributed by atoms with van der Waals surface area (Å²) in [5.74, 6) is -1.29. The number of hydrogen-bond acceptors (Lipinski definition) is 6. The lowest BCUT2D eigenvalue weighted by Gasteiger charge is -2.47. The van der Waals surface area contributed by atoms with Crippen molar-refractivity contribution in [2.24, 2.45) is 11.1 Å². The predicted molar refractivity (Wildman–Crippen MR) is 133 cm³/mol. The van der Waals surface area contributed by atoms with Crippen LogP contribution in [0, 0.1) is 19.3 Å². The molecule has 0 fully saturated rings. The first-order valence-corrected chi connectivity index (χ1v) is 11.7. The minimum atomic E-state index is -1.68. The Morgan fingerprint density at radius 2 is 1.77 bits per heavy atom. The van der Waals surface area contributed by atoms with E-state index < -0.39 is 17.3 Å². The quantitative estimate of drug-likeness (QED) is 0.642. The molecule has 0 aromatic heterocycles. The molecule has 0 bridgehead atoms. The number of nitrogens with zero attached hydrogens (tertiary/aromatic N) is 1. The molecule has 1 unspecified atom stereocenters. The van der Waals surface area contributed by atoms with Gasteiger partial charge < -0.3 is 15.8 Å². The molecule has 2 heterocycles. The Kier molecular flexibility index (Phi) is 4.95. The zero-order chi connectivity index (χ0) is 25.3. The number of ether oxygens (including phenoxy) is 1. The normalized spacial score (nSPS) is 22.8. The van der Waals surface area contributed by atoms with Crippen LogP contribution in [0.3, 0.4) is 0 Å². The molecule has 1 spiro atoms. The fraction of sp³-hybridized carbons (Fsp3) is 0.321. The van der Waals surface area contributed by atoms with Crippen molar-refractivity contribution in [2.45, 2.75) is 46.0 Å². The van der Waals surface area contributed by atoms with Gasteiger partial charge in [-0.3, -0.25) is 14.5 Å². The van der Waals surface area contributed by atoms with Gasteiger partial charge in [-0.05, 0) is 49.4 Å². The summed E-state index contributed by atoms with van der Waals surface area (Å²) in [5.41, 5.74) is 9.42. The van der Waals surface area contributed by atoms with Crippen LogP contribution in [0.5, 0.6) is 0 Å². The lowest BCUT2D eigenvalue weighted by Crippen LogP contribution is -2.54. The summed E-state index contributed by atoms with van der Waals surface area (Å²) in [6.45, 7) is 7.92. The van der Waals surface area contributed by atoms with Crippen molar-refractivity contribution in [3.05, 3.63) is 81.8 Å². The molecule has 180 valence electrons. The minimum absolute atomic E-state index is 0.0323. The summed E-state index contributed by atoms with van der Waals surface area (Å²) in [7, 11) is 1.26. The van der Waals surface area contributed by atoms with Gasteiger partial charge in [0.05, 0.1) is 7.11 Å². The van der Waals surface area contributed by atoms with E-state index in [0.717, 1.165) is 16.8 Å². The molecule has 7 heteroatoms. The number of fused-ring (bicyclic) bond motifs is 3. The van der Waals surface area contributed by atoms with Gasteiger partial charge in [0.15, 0.2) is 5.78 Å². The Hall–Kier alpha value is -3.87. The number of nitrogens with one attached hydrogen (secondary N) is 1. The highest BCUT2D eigenvalue weighted by Gasteiger charge is 2.62. The first-order valence-electron chi connectivity index (χ1n) is 11.7. The Labute approximate surface area is 204 Å². The molecule has 0 saturated carbocycles. The molecule has 2 aromatic carbocycles.